The van der Waals surface area contributed by atoms with Crippen molar-refractivity contribution < 1.29 is 13.9 Å². The zero-order chi connectivity index (χ0) is 17.7. The predicted molar refractivity (Wildman–Crippen MR) is 106 cm³/mol. The Morgan fingerprint density at radius 3 is 1.42 bits per heavy atom. The van der Waals surface area contributed by atoms with Crippen LogP contribution in [0.2, 0.25) is 0 Å². The van der Waals surface area contributed by atoms with E-state index in [0.717, 1.165) is 12.8 Å². The minimum absolute atomic E-state index is 1.00. The van der Waals surface area contributed by atoms with Crippen molar-refractivity contribution in [3.05, 3.63) is 24.7 Å². The molecule has 3 nitrogen and oxygen atoms in total. The van der Waals surface area contributed by atoms with Gasteiger partial charge in [-0.15, -0.1) is 0 Å². The third kappa shape index (κ3) is 19.5. The average molecular weight is 359 g/mol. The molecule has 0 atom stereocenters. The molecule has 0 aromatic heterocycles. The molecule has 0 saturated carbocycles. The fraction of sp³-hybridized carbons (Fsp3) is 0.800. The van der Waals surface area contributed by atoms with Gasteiger partial charge in [-0.2, -0.15) is 0 Å². The second-order valence-corrected chi connectivity index (χ2v) is 7.20. The van der Waals surface area contributed by atoms with Gasteiger partial charge in [0.25, 0.3) is 0 Å². The molecule has 0 aliphatic carbocycles. The molecule has 4 heteroatoms. The first-order valence-electron chi connectivity index (χ1n) is 9.93. The van der Waals surface area contributed by atoms with Gasteiger partial charge in [0.2, 0.25) is 0 Å². The SMILES string of the molecule is CCCCCCCCC=COP(O)OC=CCCCCCCCC. The molecule has 0 amide bonds. The van der Waals surface area contributed by atoms with Crippen molar-refractivity contribution >= 4 is 8.60 Å². The zero-order valence-electron chi connectivity index (χ0n) is 15.9. The van der Waals surface area contributed by atoms with Crippen LogP contribution in [0.4, 0.5) is 0 Å². The van der Waals surface area contributed by atoms with E-state index in [1.165, 1.54) is 77.0 Å². The highest BCUT2D eigenvalue weighted by Crippen LogP contribution is 2.33. The predicted octanol–water partition coefficient (Wildman–Crippen LogP) is 7.77. The number of allylic oxidation sites excluding steroid dienone is 2. The summed E-state index contributed by atoms with van der Waals surface area (Å²) in [6, 6.07) is 0. The van der Waals surface area contributed by atoms with Crippen LogP contribution in [-0.2, 0) is 9.05 Å². The van der Waals surface area contributed by atoms with Gasteiger partial charge in [0.1, 0.15) is 0 Å². The highest BCUT2D eigenvalue weighted by molar-refractivity contribution is 7.40. The van der Waals surface area contributed by atoms with Crippen LogP contribution in [0.5, 0.6) is 0 Å². The third-order valence-corrected chi connectivity index (χ3v) is 4.55. The number of rotatable bonds is 18. The molecule has 0 aromatic carbocycles. The normalized spacial score (nSPS) is 13.0. The maximum Gasteiger partial charge on any atom is 0.458 e. The van der Waals surface area contributed by atoms with E-state index in [9.17, 15) is 4.89 Å². The summed E-state index contributed by atoms with van der Waals surface area (Å²) in [7, 11) is -1.82. The fourth-order valence-corrected chi connectivity index (χ4v) is 2.87. The van der Waals surface area contributed by atoms with Gasteiger partial charge in [-0.05, 0) is 37.8 Å². The summed E-state index contributed by atoms with van der Waals surface area (Å²) < 4.78 is 10.3. The van der Waals surface area contributed by atoms with Gasteiger partial charge in [-0.25, -0.2) is 0 Å². The van der Waals surface area contributed by atoms with Gasteiger partial charge in [-0.1, -0.05) is 78.1 Å². The second-order valence-electron chi connectivity index (χ2n) is 6.31. The molecule has 0 spiro atoms. The van der Waals surface area contributed by atoms with Gasteiger partial charge < -0.3 is 13.9 Å². The summed E-state index contributed by atoms with van der Waals surface area (Å²) >= 11 is 0. The summed E-state index contributed by atoms with van der Waals surface area (Å²) in [6.07, 6.45) is 24.6. The molecule has 1 N–H and O–H groups in total. The van der Waals surface area contributed by atoms with Crippen LogP contribution in [0.3, 0.4) is 0 Å². The van der Waals surface area contributed by atoms with E-state index in [1.807, 2.05) is 12.2 Å². The number of unbranched alkanes of at least 4 members (excludes halogenated alkanes) is 12. The molecule has 0 unspecified atom stereocenters. The number of hydrogen-bond acceptors (Lipinski definition) is 3. The summed E-state index contributed by atoms with van der Waals surface area (Å²) in [5.74, 6) is 0. The molecule has 0 heterocycles. The molecular weight excluding hydrogens is 319 g/mol. The molecule has 0 bridgehead atoms. The lowest BCUT2D eigenvalue weighted by atomic mass is 10.1. The number of hydrogen-bond donors (Lipinski definition) is 1. The average Bonchev–Trinajstić information content (AvgIpc) is 2.59. The smallest absolute Gasteiger partial charge is 0.426 e. The van der Waals surface area contributed by atoms with Crippen LogP contribution in [0.25, 0.3) is 0 Å². The van der Waals surface area contributed by atoms with Crippen LogP contribution in [-0.4, -0.2) is 4.89 Å². The van der Waals surface area contributed by atoms with Crippen LogP contribution in [0, 0.1) is 0 Å². The van der Waals surface area contributed by atoms with E-state index >= 15 is 0 Å². The molecule has 0 aliphatic rings. The first-order valence-corrected chi connectivity index (χ1v) is 11.1. The molecule has 0 saturated heterocycles. The molecule has 0 aromatic rings. The van der Waals surface area contributed by atoms with E-state index < -0.39 is 8.60 Å². The van der Waals surface area contributed by atoms with Crippen LogP contribution in [0.15, 0.2) is 24.7 Å². The van der Waals surface area contributed by atoms with Crippen molar-refractivity contribution in [2.75, 3.05) is 0 Å². The second kappa shape index (κ2) is 20.5. The summed E-state index contributed by atoms with van der Waals surface area (Å²) in [6.45, 7) is 4.47. The largest absolute Gasteiger partial charge is 0.458 e. The monoisotopic (exact) mass is 358 g/mol. The Balaban J connectivity index is 3.34. The van der Waals surface area contributed by atoms with E-state index in [1.54, 1.807) is 12.5 Å². The minimum Gasteiger partial charge on any atom is -0.426 e. The van der Waals surface area contributed by atoms with Crippen molar-refractivity contribution in [2.24, 2.45) is 0 Å². The van der Waals surface area contributed by atoms with Gasteiger partial charge in [0, 0.05) is 0 Å². The molecule has 0 fully saturated rings. The first kappa shape index (κ1) is 23.5. The zero-order valence-corrected chi connectivity index (χ0v) is 16.8. The highest BCUT2D eigenvalue weighted by atomic mass is 31.2. The van der Waals surface area contributed by atoms with E-state index in [2.05, 4.69) is 13.8 Å². The van der Waals surface area contributed by atoms with E-state index in [-0.39, 0.29) is 0 Å². The first-order chi connectivity index (χ1) is 11.8. The molecule has 0 rings (SSSR count). The lowest BCUT2D eigenvalue weighted by Crippen LogP contribution is -1.80. The third-order valence-electron chi connectivity index (χ3n) is 3.94. The van der Waals surface area contributed by atoms with E-state index in [0.29, 0.717) is 0 Å². The Kier molecular flexibility index (Phi) is 20.1. The Hall–Kier alpha value is -0.530. The summed E-state index contributed by atoms with van der Waals surface area (Å²) in [5.41, 5.74) is 0. The minimum atomic E-state index is -1.82. The van der Waals surface area contributed by atoms with Crippen molar-refractivity contribution in [3.63, 3.8) is 0 Å². The topological polar surface area (TPSA) is 38.7 Å². The molecule has 24 heavy (non-hydrogen) atoms. The lowest BCUT2D eigenvalue weighted by Gasteiger charge is -2.05. The van der Waals surface area contributed by atoms with Gasteiger partial charge >= 0.3 is 8.60 Å². The molecular formula is C20H39O3P. The Labute approximate surface area is 151 Å². The summed E-state index contributed by atoms with van der Waals surface area (Å²) in [5, 5.41) is 0. The van der Waals surface area contributed by atoms with Crippen molar-refractivity contribution in [2.45, 2.75) is 104 Å². The Bertz CT molecular complexity index is 265. The van der Waals surface area contributed by atoms with Crippen LogP contribution < -0.4 is 0 Å². The summed E-state index contributed by atoms with van der Waals surface area (Å²) in [4.78, 5) is 9.57. The highest BCUT2D eigenvalue weighted by Gasteiger charge is 2.02. The maximum absolute atomic E-state index is 9.57. The van der Waals surface area contributed by atoms with Gasteiger partial charge in [-0.3, -0.25) is 0 Å². The quantitative estimate of drug-likeness (QED) is 0.154. The molecule has 0 radical (unpaired) electrons. The van der Waals surface area contributed by atoms with Crippen molar-refractivity contribution in [1.29, 1.82) is 0 Å². The van der Waals surface area contributed by atoms with Gasteiger partial charge in [0.15, 0.2) is 0 Å². The lowest BCUT2D eigenvalue weighted by molar-refractivity contribution is 0.320. The van der Waals surface area contributed by atoms with Crippen molar-refractivity contribution in [3.8, 4) is 0 Å². The maximum atomic E-state index is 9.57. The van der Waals surface area contributed by atoms with Crippen LogP contribution >= 0.6 is 8.60 Å². The molecule has 142 valence electrons. The fourth-order valence-electron chi connectivity index (χ4n) is 2.44. The van der Waals surface area contributed by atoms with Crippen molar-refractivity contribution in [1.82, 2.24) is 0 Å². The standard InChI is InChI=1S/C20H39O3P/c1-3-5-7-9-11-13-15-17-19-22-24(21)23-20-18-16-14-12-10-8-6-4-2/h17-21H,3-16H2,1-2H3. The van der Waals surface area contributed by atoms with Gasteiger partial charge in [0.05, 0.1) is 12.5 Å². The van der Waals surface area contributed by atoms with E-state index in [4.69, 9.17) is 9.05 Å². The molecule has 0 aliphatic heterocycles. The van der Waals surface area contributed by atoms with Crippen LogP contribution in [0.1, 0.15) is 104 Å². The Morgan fingerprint density at radius 2 is 1.00 bits per heavy atom. The Morgan fingerprint density at radius 1 is 0.625 bits per heavy atom.